The summed E-state index contributed by atoms with van der Waals surface area (Å²) in [5.41, 5.74) is 3.63. The van der Waals surface area contributed by atoms with Crippen LogP contribution in [0.25, 0.3) is 0 Å². The van der Waals surface area contributed by atoms with Gasteiger partial charge in [-0.3, -0.25) is 14.6 Å². The standard InChI is InChI=1S/C26H32ClN5O2/c1-31(2)23(33)20-13-18-15-26(8-10-28-11-9-26)25(29-16-17-6-5-7-19(27)12-17)30-22(18)14-21(20)24(34)32(3)4/h5-7,12-14,28H,8-11,15-16H2,1-4H3,(H,29,30). The Balaban J connectivity index is 1.78. The number of carbonyl (C=O) groups excluding carboxylic acids is 2. The summed E-state index contributed by atoms with van der Waals surface area (Å²) in [7, 11) is 6.81. The lowest BCUT2D eigenvalue weighted by molar-refractivity contribution is 0.0790. The number of hydrogen-bond donors (Lipinski definition) is 2. The van der Waals surface area contributed by atoms with Crippen LogP contribution in [-0.2, 0) is 13.0 Å². The lowest BCUT2D eigenvalue weighted by atomic mass is 9.70. The molecule has 0 bridgehead atoms. The van der Waals surface area contributed by atoms with Crippen LogP contribution in [0, 0.1) is 5.41 Å². The molecule has 2 heterocycles. The predicted molar refractivity (Wildman–Crippen MR) is 137 cm³/mol. The zero-order valence-electron chi connectivity index (χ0n) is 20.2. The van der Waals surface area contributed by atoms with Crippen LogP contribution in [0.3, 0.4) is 0 Å². The number of nitrogens with one attached hydrogen (secondary N) is 2. The first-order valence-electron chi connectivity index (χ1n) is 11.6. The summed E-state index contributed by atoms with van der Waals surface area (Å²) in [4.78, 5) is 34.0. The van der Waals surface area contributed by atoms with Crippen LogP contribution >= 0.6 is 11.6 Å². The molecule has 2 aliphatic heterocycles. The highest BCUT2D eigenvalue weighted by Crippen LogP contribution is 2.42. The van der Waals surface area contributed by atoms with Crippen molar-refractivity contribution < 1.29 is 9.59 Å². The first-order valence-corrected chi connectivity index (χ1v) is 12.0. The highest BCUT2D eigenvalue weighted by molar-refractivity contribution is 6.30. The second-order valence-corrected chi connectivity index (χ2v) is 10.0. The van der Waals surface area contributed by atoms with E-state index in [2.05, 4.69) is 10.6 Å². The van der Waals surface area contributed by atoms with E-state index in [9.17, 15) is 9.59 Å². The molecule has 0 saturated carbocycles. The molecule has 2 aromatic rings. The minimum Gasteiger partial charge on any atom is -0.345 e. The zero-order valence-corrected chi connectivity index (χ0v) is 21.0. The number of anilines is 1. The summed E-state index contributed by atoms with van der Waals surface area (Å²) in [6.07, 6.45) is 2.67. The van der Waals surface area contributed by atoms with Crippen LogP contribution in [-0.4, -0.2) is 68.7 Å². The van der Waals surface area contributed by atoms with Crippen LogP contribution in [0.15, 0.2) is 41.4 Å². The van der Waals surface area contributed by atoms with Gasteiger partial charge in [0, 0.05) is 44.3 Å². The van der Waals surface area contributed by atoms with Crippen molar-refractivity contribution in [2.24, 2.45) is 10.4 Å². The highest BCUT2D eigenvalue weighted by atomic mass is 35.5. The molecular weight excluding hydrogens is 450 g/mol. The number of benzene rings is 2. The van der Waals surface area contributed by atoms with Crippen LogP contribution in [0.5, 0.6) is 0 Å². The fourth-order valence-corrected chi connectivity index (χ4v) is 5.00. The van der Waals surface area contributed by atoms with E-state index in [1.807, 2.05) is 36.4 Å². The highest BCUT2D eigenvalue weighted by Gasteiger charge is 2.42. The van der Waals surface area contributed by atoms with E-state index in [1.165, 1.54) is 9.80 Å². The molecule has 2 aliphatic rings. The average Bonchev–Trinajstić information content (AvgIpc) is 2.81. The van der Waals surface area contributed by atoms with Crippen molar-refractivity contribution in [1.82, 2.24) is 15.1 Å². The number of halogens is 1. The molecule has 2 N–H and O–H groups in total. The summed E-state index contributed by atoms with van der Waals surface area (Å²) in [6, 6.07) is 11.5. The van der Waals surface area contributed by atoms with Crippen molar-refractivity contribution in [1.29, 1.82) is 0 Å². The van der Waals surface area contributed by atoms with E-state index < -0.39 is 0 Å². The molecule has 2 aromatic carbocycles. The van der Waals surface area contributed by atoms with E-state index in [1.54, 1.807) is 28.2 Å². The van der Waals surface area contributed by atoms with Crippen LogP contribution in [0.2, 0.25) is 5.02 Å². The zero-order chi connectivity index (χ0) is 24.5. The summed E-state index contributed by atoms with van der Waals surface area (Å²) >= 11 is 6.17. The fraction of sp³-hybridized carbons (Fsp3) is 0.423. The Morgan fingerprint density at radius 3 is 2.26 bits per heavy atom. The molecule has 0 radical (unpaired) electrons. The topological polar surface area (TPSA) is 77.0 Å². The Hall–Kier alpha value is -2.90. The number of hydrogen-bond acceptors (Lipinski definition) is 4. The number of amides is 2. The van der Waals surface area contributed by atoms with E-state index >= 15 is 0 Å². The molecule has 180 valence electrons. The SMILES string of the molecule is CN(C)C(=O)c1cc2c(cc1C(=O)N(C)C)NC(=NCc1cccc(Cl)c1)C1(CCNCC1)C2. The normalized spacial score (nSPS) is 17.7. The molecule has 1 fully saturated rings. The maximum Gasteiger partial charge on any atom is 0.254 e. The van der Waals surface area contributed by atoms with Gasteiger partial charge >= 0.3 is 0 Å². The smallest absolute Gasteiger partial charge is 0.254 e. The van der Waals surface area contributed by atoms with Crippen LogP contribution in [0.1, 0.15) is 44.7 Å². The lowest BCUT2D eigenvalue weighted by Gasteiger charge is -2.43. The van der Waals surface area contributed by atoms with Crippen molar-refractivity contribution in [2.75, 3.05) is 46.6 Å². The molecule has 0 aromatic heterocycles. The molecular formula is C26H32ClN5O2. The molecule has 2 amide bonds. The number of piperidine rings is 1. The third kappa shape index (κ3) is 4.81. The molecule has 0 unspecified atom stereocenters. The van der Waals surface area contributed by atoms with E-state index in [0.717, 1.165) is 55.0 Å². The maximum atomic E-state index is 13.0. The van der Waals surface area contributed by atoms with Crippen LogP contribution in [0.4, 0.5) is 5.69 Å². The van der Waals surface area contributed by atoms with E-state index in [4.69, 9.17) is 16.6 Å². The van der Waals surface area contributed by atoms with Gasteiger partial charge in [0.1, 0.15) is 5.84 Å². The van der Waals surface area contributed by atoms with Crippen molar-refractivity contribution in [3.63, 3.8) is 0 Å². The average molecular weight is 482 g/mol. The summed E-state index contributed by atoms with van der Waals surface area (Å²) < 4.78 is 0. The van der Waals surface area contributed by atoms with Gasteiger partial charge in [-0.2, -0.15) is 0 Å². The summed E-state index contributed by atoms with van der Waals surface area (Å²) in [5, 5.41) is 7.71. The minimum absolute atomic E-state index is 0.137. The van der Waals surface area contributed by atoms with Gasteiger partial charge < -0.3 is 20.4 Å². The number of nitrogens with zero attached hydrogens (tertiary/aromatic N) is 3. The molecule has 1 spiro atoms. The molecule has 0 atom stereocenters. The fourth-order valence-electron chi connectivity index (χ4n) is 4.78. The van der Waals surface area contributed by atoms with Crippen molar-refractivity contribution >= 4 is 34.9 Å². The molecule has 8 heteroatoms. The van der Waals surface area contributed by atoms with Gasteiger partial charge in [-0.05, 0) is 67.7 Å². The van der Waals surface area contributed by atoms with Gasteiger partial charge in [-0.15, -0.1) is 0 Å². The largest absolute Gasteiger partial charge is 0.345 e. The Labute approximate surface area is 206 Å². The molecule has 1 saturated heterocycles. The van der Waals surface area contributed by atoms with Crippen molar-refractivity contribution in [3.05, 3.63) is 63.7 Å². The molecule has 34 heavy (non-hydrogen) atoms. The van der Waals surface area contributed by atoms with Gasteiger partial charge in [0.2, 0.25) is 0 Å². The Morgan fingerprint density at radius 2 is 1.65 bits per heavy atom. The summed E-state index contributed by atoms with van der Waals surface area (Å²) in [6.45, 7) is 2.34. The Kier molecular flexibility index (Phi) is 6.96. The third-order valence-electron chi connectivity index (χ3n) is 6.67. The van der Waals surface area contributed by atoms with E-state index in [-0.39, 0.29) is 17.2 Å². The number of amidine groups is 1. The van der Waals surface area contributed by atoms with Crippen molar-refractivity contribution in [2.45, 2.75) is 25.8 Å². The Bertz CT molecular complexity index is 1140. The first-order chi connectivity index (χ1) is 16.2. The number of fused-ring (bicyclic) bond motifs is 1. The van der Waals surface area contributed by atoms with Gasteiger partial charge in [-0.1, -0.05) is 23.7 Å². The second-order valence-electron chi connectivity index (χ2n) is 9.58. The monoisotopic (exact) mass is 481 g/mol. The third-order valence-corrected chi connectivity index (χ3v) is 6.91. The molecule has 0 aliphatic carbocycles. The quantitative estimate of drug-likeness (QED) is 0.698. The maximum absolute atomic E-state index is 13.0. The first kappa shape index (κ1) is 24.2. The number of rotatable bonds is 4. The Morgan fingerprint density at radius 1 is 1.00 bits per heavy atom. The van der Waals surface area contributed by atoms with Crippen LogP contribution < -0.4 is 10.6 Å². The van der Waals surface area contributed by atoms with Gasteiger partial charge in [0.05, 0.1) is 17.7 Å². The van der Waals surface area contributed by atoms with Gasteiger partial charge in [0.15, 0.2) is 0 Å². The lowest BCUT2D eigenvalue weighted by Crippen LogP contribution is -2.49. The predicted octanol–water partition coefficient (Wildman–Crippen LogP) is 3.68. The number of aliphatic imine (C=N–C) groups is 1. The minimum atomic E-state index is -0.200. The van der Waals surface area contributed by atoms with E-state index in [0.29, 0.717) is 22.7 Å². The molecule has 7 nitrogen and oxygen atoms in total. The van der Waals surface area contributed by atoms with Crippen molar-refractivity contribution in [3.8, 4) is 0 Å². The van der Waals surface area contributed by atoms with Gasteiger partial charge in [0.25, 0.3) is 11.8 Å². The van der Waals surface area contributed by atoms with Gasteiger partial charge in [-0.25, -0.2) is 0 Å². The summed E-state index contributed by atoms with van der Waals surface area (Å²) in [5.74, 6) is 0.568. The second kappa shape index (κ2) is 9.76. The number of carbonyl (C=O) groups is 2. The molecule has 4 rings (SSSR count).